The van der Waals surface area contributed by atoms with Gasteiger partial charge in [-0.15, -0.1) is 0 Å². The third-order valence-corrected chi connectivity index (χ3v) is 6.13. The first-order valence-electron chi connectivity index (χ1n) is 6.51. The van der Waals surface area contributed by atoms with Crippen LogP contribution in [-0.4, -0.2) is 39.1 Å². The van der Waals surface area contributed by atoms with Crippen LogP contribution in [0, 0.1) is 10.1 Å². The van der Waals surface area contributed by atoms with E-state index in [1.54, 1.807) is 20.8 Å². The van der Waals surface area contributed by atoms with E-state index in [4.69, 9.17) is 15.4 Å². The summed E-state index contributed by atoms with van der Waals surface area (Å²) in [7, 11) is -3.43. The van der Waals surface area contributed by atoms with Crippen LogP contribution >= 0.6 is 22.0 Å². The van der Waals surface area contributed by atoms with Crippen LogP contribution in [-0.2, 0) is 35.2 Å². The van der Waals surface area contributed by atoms with Gasteiger partial charge in [-0.3, -0.25) is 14.9 Å². The summed E-state index contributed by atoms with van der Waals surface area (Å²) in [4.78, 5) is 20.7. The third kappa shape index (κ3) is 6.86. The second kappa shape index (κ2) is 7.53. The molecule has 0 saturated carbocycles. The molecule has 1 rings (SSSR count). The fraction of sp³-hybridized carbons (Fsp3) is 0.545. The largest absolute Gasteiger partial charge is 0.459 e. The molecule has 1 aromatic heterocycles. The van der Waals surface area contributed by atoms with Crippen molar-refractivity contribution in [1.82, 2.24) is 4.72 Å². The predicted molar refractivity (Wildman–Crippen MR) is 90.5 cm³/mol. The lowest BCUT2D eigenvalue weighted by Crippen LogP contribution is -2.34. The molecule has 10 nitrogen and oxygen atoms in total. The van der Waals surface area contributed by atoms with Gasteiger partial charge >= 0.3 is 11.0 Å². The van der Waals surface area contributed by atoms with Crippen molar-refractivity contribution in [3.8, 4) is 0 Å². The van der Waals surface area contributed by atoms with Crippen molar-refractivity contribution < 1.29 is 31.3 Å². The van der Waals surface area contributed by atoms with E-state index in [9.17, 15) is 31.7 Å². The zero-order chi connectivity index (χ0) is 19.6. The lowest BCUT2D eigenvalue weighted by atomic mass is 10.2. The summed E-state index contributed by atoms with van der Waals surface area (Å²) in [5, 5.41) is 11.2. The maximum absolute atomic E-state index is 11.9. The van der Waals surface area contributed by atoms with Gasteiger partial charge in [-0.1, -0.05) is 11.3 Å². The number of sulfonamides is 1. The van der Waals surface area contributed by atoms with E-state index in [1.807, 2.05) is 4.72 Å². The minimum atomic E-state index is -4.47. The van der Waals surface area contributed by atoms with Gasteiger partial charge in [0.2, 0.25) is 10.0 Å². The highest BCUT2D eigenvalue weighted by atomic mass is 35.7. The Labute approximate surface area is 152 Å². The number of halogens is 1. The minimum Gasteiger partial charge on any atom is -0.459 e. The van der Waals surface area contributed by atoms with Gasteiger partial charge in [0, 0.05) is 28.2 Å². The molecule has 1 aromatic rings. The van der Waals surface area contributed by atoms with Crippen molar-refractivity contribution >= 4 is 52.1 Å². The van der Waals surface area contributed by atoms with Crippen LogP contribution < -0.4 is 4.72 Å². The standard InChI is InChI=1S/C11H15ClN2O8S3/c1-11(2,3)22-8(15)6-24(18,19)13-4-7-5-23-10(14(16)17)9(7)25(12,20)21/h5,13H,4,6H2,1-3H3. The lowest BCUT2D eigenvalue weighted by molar-refractivity contribution is -0.383. The van der Waals surface area contributed by atoms with Crippen LogP contribution in [0.15, 0.2) is 10.3 Å². The van der Waals surface area contributed by atoms with Crippen LogP contribution in [0.5, 0.6) is 0 Å². The summed E-state index contributed by atoms with van der Waals surface area (Å²) in [6.45, 7) is 4.10. The van der Waals surface area contributed by atoms with Gasteiger partial charge in [0.1, 0.15) is 5.60 Å². The summed E-state index contributed by atoms with van der Waals surface area (Å²) >= 11 is 0.494. The second-order valence-corrected chi connectivity index (χ2v) is 10.9. The normalized spacial score (nSPS) is 12.8. The molecule has 0 spiro atoms. The molecule has 0 aliphatic rings. The van der Waals surface area contributed by atoms with Crippen LogP contribution in [0.4, 0.5) is 5.00 Å². The number of nitrogens with zero attached hydrogens (tertiary/aromatic N) is 1. The molecule has 0 aromatic carbocycles. The Kier molecular flexibility index (Phi) is 6.56. The van der Waals surface area contributed by atoms with Crippen molar-refractivity contribution in [2.24, 2.45) is 0 Å². The minimum absolute atomic E-state index is 0.195. The van der Waals surface area contributed by atoms with Gasteiger partial charge in [-0.25, -0.2) is 21.6 Å². The number of rotatable bonds is 7. The van der Waals surface area contributed by atoms with Crippen molar-refractivity contribution in [3.63, 3.8) is 0 Å². The van der Waals surface area contributed by atoms with Crippen LogP contribution in [0.3, 0.4) is 0 Å². The van der Waals surface area contributed by atoms with Crippen molar-refractivity contribution in [3.05, 3.63) is 21.1 Å². The summed E-state index contributed by atoms with van der Waals surface area (Å²) in [6.07, 6.45) is 0. The van der Waals surface area contributed by atoms with E-state index >= 15 is 0 Å². The molecule has 0 unspecified atom stereocenters. The van der Waals surface area contributed by atoms with Crippen LogP contribution in [0.2, 0.25) is 0 Å². The first-order valence-corrected chi connectivity index (χ1v) is 11.3. The fourth-order valence-corrected chi connectivity index (χ4v) is 5.20. The van der Waals surface area contributed by atoms with E-state index in [0.717, 1.165) is 5.38 Å². The molecule has 25 heavy (non-hydrogen) atoms. The maximum Gasteiger partial charge on any atom is 0.344 e. The van der Waals surface area contributed by atoms with Gasteiger partial charge in [-0.05, 0) is 20.8 Å². The Hall–Kier alpha value is -1.28. The number of carbonyl (C=O) groups is 1. The van der Waals surface area contributed by atoms with E-state index in [0.29, 0.717) is 11.3 Å². The predicted octanol–water partition coefficient (Wildman–Crippen LogP) is 1.34. The topological polar surface area (TPSA) is 150 Å². The Bertz CT molecular complexity index is 883. The molecule has 0 saturated heterocycles. The Balaban J connectivity index is 2.95. The number of thiophene rings is 1. The molecule has 142 valence electrons. The number of hydrogen-bond donors (Lipinski definition) is 1. The summed E-state index contributed by atoms with van der Waals surface area (Å²) in [5.74, 6) is -1.99. The molecule has 14 heteroatoms. The smallest absolute Gasteiger partial charge is 0.344 e. The van der Waals surface area contributed by atoms with Crippen molar-refractivity contribution in [2.75, 3.05) is 5.75 Å². The highest BCUT2D eigenvalue weighted by molar-refractivity contribution is 8.14. The summed E-state index contributed by atoms with van der Waals surface area (Å²) in [6, 6.07) is 0. The van der Waals surface area contributed by atoms with E-state index in [-0.39, 0.29) is 5.56 Å². The van der Waals surface area contributed by atoms with Gasteiger partial charge in [0.05, 0.1) is 4.92 Å². The first-order chi connectivity index (χ1) is 11.1. The Morgan fingerprint density at radius 1 is 1.36 bits per heavy atom. The zero-order valence-corrected chi connectivity index (χ0v) is 16.5. The Morgan fingerprint density at radius 2 is 1.92 bits per heavy atom. The number of hydrogen-bond acceptors (Lipinski definition) is 9. The molecule has 0 bridgehead atoms. The van der Waals surface area contributed by atoms with Crippen molar-refractivity contribution in [1.29, 1.82) is 0 Å². The molecule has 0 amide bonds. The average molecular weight is 435 g/mol. The summed E-state index contributed by atoms with van der Waals surface area (Å²) < 4.78 is 53.7. The number of ether oxygens (including phenoxy) is 1. The quantitative estimate of drug-likeness (QED) is 0.292. The lowest BCUT2D eigenvalue weighted by Gasteiger charge is -2.19. The molecule has 1 N–H and O–H groups in total. The van der Waals surface area contributed by atoms with E-state index in [2.05, 4.69) is 0 Å². The Morgan fingerprint density at radius 3 is 2.36 bits per heavy atom. The zero-order valence-electron chi connectivity index (χ0n) is 13.3. The van der Waals surface area contributed by atoms with Crippen LogP contribution in [0.25, 0.3) is 0 Å². The van der Waals surface area contributed by atoms with Gasteiger partial charge in [0.25, 0.3) is 9.05 Å². The highest BCUT2D eigenvalue weighted by Gasteiger charge is 2.31. The number of carbonyl (C=O) groups excluding carboxylic acids is 1. The van der Waals surface area contributed by atoms with Gasteiger partial charge in [-0.2, -0.15) is 0 Å². The highest BCUT2D eigenvalue weighted by Crippen LogP contribution is 2.36. The summed E-state index contributed by atoms with van der Waals surface area (Å²) in [5.41, 5.74) is -1.07. The molecule has 0 radical (unpaired) electrons. The molecule has 0 aliphatic heterocycles. The molecule has 1 heterocycles. The number of esters is 1. The molecule has 0 fully saturated rings. The monoisotopic (exact) mass is 434 g/mol. The van der Waals surface area contributed by atoms with E-state index < -0.39 is 57.8 Å². The van der Waals surface area contributed by atoms with Crippen molar-refractivity contribution in [2.45, 2.75) is 37.8 Å². The first kappa shape index (κ1) is 21.8. The second-order valence-electron chi connectivity index (χ2n) is 5.76. The molecular formula is C11H15ClN2O8S3. The van der Waals surface area contributed by atoms with Gasteiger partial charge in [0.15, 0.2) is 10.6 Å². The SMILES string of the molecule is CC(C)(C)OC(=O)CS(=O)(=O)NCc1csc([N+](=O)[O-])c1S(=O)(=O)Cl. The van der Waals surface area contributed by atoms with Crippen LogP contribution in [0.1, 0.15) is 26.3 Å². The maximum atomic E-state index is 11.9. The average Bonchev–Trinajstić information content (AvgIpc) is 2.76. The third-order valence-electron chi connectivity index (χ3n) is 2.42. The van der Waals surface area contributed by atoms with Gasteiger partial charge < -0.3 is 4.74 Å². The molecule has 0 atom stereocenters. The molecule has 0 aliphatic carbocycles. The van der Waals surface area contributed by atoms with E-state index in [1.165, 1.54) is 0 Å². The number of nitro groups is 1. The fourth-order valence-electron chi connectivity index (χ4n) is 1.64. The number of nitrogens with one attached hydrogen (secondary N) is 1. The molecular weight excluding hydrogens is 420 g/mol.